The van der Waals surface area contributed by atoms with Crippen LogP contribution in [0.25, 0.3) is 0 Å². The fraction of sp³-hybridized carbons (Fsp3) is 0.476. The molecule has 0 spiro atoms. The van der Waals surface area contributed by atoms with Gasteiger partial charge in [0.15, 0.2) is 0 Å². The van der Waals surface area contributed by atoms with Crippen LogP contribution in [-0.4, -0.2) is 53.7 Å². The number of methoxy groups -OCH3 is 2. The van der Waals surface area contributed by atoms with Crippen LogP contribution in [-0.2, 0) is 16.0 Å². The number of ether oxygens (including phenoxy) is 2. The number of hydrogen-bond acceptors (Lipinski definition) is 5. The highest BCUT2D eigenvalue weighted by atomic mass is 16.5. The average molecular weight is 400 g/mol. The van der Waals surface area contributed by atoms with Crippen molar-refractivity contribution in [1.29, 1.82) is 0 Å². The van der Waals surface area contributed by atoms with Crippen molar-refractivity contribution in [2.24, 2.45) is 5.92 Å². The number of amides is 2. The minimum atomic E-state index is -0.699. The van der Waals surface area contributed by atoms with E-state index < -0.39 is 12.0 Å². The lowest BCUT2D eigenvalue weighted by molar-refractivity contribution is -0.144. The lowest BCUT2D eigenvalue weighted by atomic mass is 9.95. The number of esters is 1. The number of benzene rings is 1. The molecular formula is C21H28N4O4. The van der Waals surface area contributed by atoms with Crippen molar-refractivity contribution in [3.63, 3.8) is 0 Å². The summed E-state index contributed by atoms with van der Waals surface area (Å²) in [5.74, 6) is 0.257. The minimum absolute atomic E-state index is 0.0448. The number of carbonyl (C=O) groups excluding carboxylic acids is 2. The number of aromatic nitrogens is 2. The minimum Gasteiger partial charge on any atom is -0.497 e. The summed E-state index contributed by atoms with van der Waals surface area (Å²) >= 11 is 0. The molecule has 3 rings (SSSR count). The fourth-order valence-electron chi connectivity index (χ4n) is 3.63. The maximum atomic E-state index is 13.2. The molecule has 1 aromatic heterocycles. The highest BCUT2D eigenvalue weighted by Crippen LogP contribution is 2.34. The molecule has 0 aliphatic carbocycles. The van der Waals surface area contributed by atoms with Crippen molar-refractivity contribution >= 4 is 12.0 Å². The van der Waals surface area contributed by atoms with E-state index >= 15 is 0 Å². The van der Waals surface area contributed by atoms with E-state index in [4.69, 9.17) is 9.47 Å². The maximum absolute atomic E-state index is 13.2. The lowest BCUT2D eigenvalue weighted by Gasteiger charge is -2.36. The summed E-state index contributed by atoms with van der Waals surface area (Å²) < 4.78 is 10.2. The van der Waals surface area contributed by atoms with Gasteiger partial charge in [0.25, 0.3) is 0 Å². The van der Waals surface area contributed by atoms with Crippen molar-refractivity contribution in [2.45, 2.75) is 38.8 Å². The molecule has 2 aromatic rings. The normalized spacial score (nSPS) is 17.8. The zero-order valence-electron chi connectivity index (χ0n) is 17.3. The highest BCUT2D eigenvalue weighted by Gasteiger charge is 2.36. The van der Waals surface area contributed by atoms with Crippen LogP contribution in [0.5, 0.6) is 5.75 Å². The van der Waals surface area contributed by atoms with E-state index in [9.17, 15) is 9.59 Å². The molecule has 2 heterocycles. The van der Waals surface area contributed by atoms with Gasteiger partial charge in [-0.3, -0.25) is 0 Å². The Balaban J connectivity index is 1.91. The number of fused-ring (bicyclic) bond motifs is 1. The first-order valence-electron chi connectivity index (χ1n) is 9.81. The Morgan fingerprint density at radius 2 is 2.03 bits per heavy atom. The van der Waals surface area contributed by atoms with E-state index in [2.05, 4.69) is 15.3 Å². The second-order valence-electron chi connectivity index (χ2n) is 7.22. The molecule has 156 valence electrons. The molecule has 1 aliphatic rings. The van der Waals surface area contributed by atoms with Gasteiger partial charge in [0.2, 0.25) is 0 Å². The number of aromatic amines is 1. The Morgan fingerprint density at radius 3 is 2.66 bits per heavy atom. The summed E-state index contributed by atoms with van der Waals surface area (Å²) in [7, 11) is 2.95. The molecule has 29 heavy (non-hydrogen) atoms. The van der Waals surface area contributed by atoms with Gasteiger partial charge >= 0.3 is 12.0 Å². The maximum Gasteiger partial charge on any atom is 0.328 e. The van der Waals surface area contributed by atoms with Gasteiger partial charge in [-0.2, -0.15) is 0 Å². The highest BCUT2D eigenvalue weighted by molar-refractivity contribution is 5.84. The Labute approximate surface area is 170 Å². The molecule has 3 atom stereocenters. The zero-order valence-corrected chi connectivity index (χ0v) is 17.3. The van der Waals surface area contributed by atoms with Gasteiger partial charge in [-0.1, -0.05) is 32.4 Å². The Morgan fingerprint density at radius 1 is 1.31 bits per heavy atom. The standard InChI is InChI=1S/C21H28N4O4/c1-5-13(2)17(20(26)29-4)24-21(27)25-11-10-16-18(23-12-22-16)19(25)14-6-8-15(28-3)9-7-14/h6-9,12-13,17,19H,5,10-11H2,1-4H3,(H,22,23)(H,24,27)/t13-,17+,19-/m0/s1. The van der Waals surface area contributed by atoms with Gasteiger partial charge in [-0.05, 0) is 23.6 Å². The number of imidazole rings is 1. The van der Waals surface area contributed by atoms with Crippen molar-refractivity contribution in [3.05, 3.63) is 47.5 Å². The number of carbonyl (C=O) groups is 2. The van der Waals surface area contributed by atoms with E-state index in [0.29, 0.717) is 13.0 Å². The first-order valence-corrected chi connectivity index (χ1v) is 9.81. The molecule has 2 amide bonds. The zero-order chi connectivity index (χ0) is 21.0. The van der Waals surface area contributed by atoms with Crippen LogP contribution in [0.1, 0.15) is 43.3 Å². The first-order chi connectivity index (χ1) is 14.0. The van der Waals surface area contributed by atoms with Gasteiger partial charge < -0.3 is 24.7 Å². The SMILES string of the molecule is CC[C@H](C)[C@@H](NC(=O)N1CCc2[nH]cnc2[C@@H]1c1ccc(OC)cc1)C(=O)OC. The predicted octanol–water partition coefficient (Wildman–Crippen LogP) is 2.66. The average Bonchev–Trinajstić information content (AvgIpc) is 3.24. The second-order valence-corrected chi connectivity index (χ2v) is 7.22. The van der Waals surface area contributed by atoms with Crippen LogP contribution in [0, 0.1) is 5.92 Å². The number of nitrogens with zero attached hydrogens (tertiary/aromatic N) is 2. The largest absolute Gasteiger partial charge is 0.497 e. The van der Waals surface area contributed by atoms with Crippen molar-refractivity contribution in [2.75, 3.05) is 20.8 Å². The molecule has 8 nitrogen and oxygen atoms in total. The molecule has 0 saturated heterocycles. The first kappa shape index (κ1) is 20.7. The third-order valence-electron chi connectivity index (χ3n) is 5.56. The third kappa shape index (κ3) is 4.21. The molecule has 0 bridgehead atoms. The van der Waals surface area contributed by atoms with E-state index in [1.807, 2.05) is 38.1 Å². The Bertz CT molecular complexity index is 849. The van der Waals surface area contributed by atoms with Crippen LogP contribution in [0.4, 0.5) is 4.79 Å². The van der Waals surface area contributed by atoms with E-state index in [1.165, 1.54) is 7.11 Å². The van der Waals surface area contributed by atoms with E-state index in [0.717, 1.165) is 29.1 Å². The fourth-order valence-corrected chi connectivity index (χ4v) is 3.63. The Hall–Kier alpha value is -3.03. The van der Waals surface area contributed by atoms with Gasteiger partial charge in [-0.25, -0.2) is 14.6 Å². The topological polar surface area (TPSA) is 96.5 Å². The number of urea groups is 1. The molecular weight excluding hydrogens is 372 g/mol. The van der Waals surface area contributed by atoms with Gasteiger partial charge in [0, 0.05) is 18.7 Å². The Kier molecular flexibility index (Phi) is 6.41. The molecule has 0 radical (unpaired) electrons. The van der Waals surface area contributed by atoms with Crippen LogP contribution in [0.3, 0.4) is 0 Å². The molecule has 0 fully saturated rings. The van der Waals surface area contributed by atoms with E-state index in [-0.39, 0.29) is 18.0 Å². The summed E-state index contributed by atoms with van der Waals surface area (Å²) in [6.45, 7) is 4.40. The number of rotatable bonds is 6. The summed E-state index contributed by atoms with van der Waals surface area (Å²) in [4.78, 5) is 34.8. The lowest BCUT2D eigenvalue weighted by Crippen LogP contribution is -2.53. The van der Waals surface area contributed by atoms with Crippen molar-refractivity contribution < 1.29 is 19.1 Å². The summed E-state index contributed by atoms with van der Waals surface area (Å²) in [6, 6.07) is 6.22. The smallest absolute Gasteiger partial charge is 0.328 e. The van der Waals surface area contributed by atoms with Crippen LogP contribution >= 0.6 is 0 Å². The van der Waals surface area contributed by atoms with E-state index in [1.54, 1.807) is 18.3 Å². The molecule has 0 saturated carbocycles. The third-order valence-corrected chi connectivity index (χ3v) is 5.56. The van der Waals surface area contributed by atoms with Crippen LogP contribution < -0.4 is 10.1 Å². The number of hydrogen-bond donors (Lipinski definition) is 2. The predicted molar refractivity (Wildman–Crippen MR) is 108 cm³/mol. The number of H-pyrrole nitrogens is 1. The summed E-state index contributed by atoms with van der Waals surface area (Å²) in [5, 5.41) is 2.88. The van der Waals surface area contributed by atoms with Gasteiger partial charge in [-0.15, -0.1) is 0 Å². The number of nitrogens with one attached hydrogen (secondary N) is 2. The molecule has 8 heteroatoms. The van der Waals surface area contributed by atoms with Crippen LogP contribution in [0.15, 0.2) is 30.6 Å². The molecule has 1 aliphatic heterocycles. The second kappa shape index (κ2) is 8.98. The monoisotopic (exact) mass is 400 g/mol. The quantitative estimate of drug-likeness (QED) is 0.727. The van der Waals surface area contributed by atoms with Crippen molar-refractivity contribution in [3.8, 4) is 5.75 Å². The molecule has 1 aromatic carbocycles. The summed E-state index contributed by atoms with van der Waals surface area (Å²) in [5.41, 5.74) is 2.75. The molecule has 0 unspecified atom stereocenters. The van der Waals surface area contributed by atoms with Gasteiger partial charge in [0.05, 0.1) is 26.2 Å². The van der Waals surface area contributed by atoms with Crippen molar-refractivity contribution in [1.82, 2.24) is 20.2 Å². The summed E-state index contributed by atoms with van der Waals surface area (Å²) in [6.07, 6.45) is 3.06. The van der Waals surface area contributed by atoms with Gasteiger partial charge in [0.1, 0.15) is 17.8 Å². The van der Waals surface area contributed by atoms with Crippen LogP contribution in [0.2, 0.25) is 0 Å². The molecule has 2 N–H and O–H groups in total.